The summed E-state index contributed by atoms with van der Waals surface area (Å²) in [7, 11) is 0. The average molecular weight is 356 g/mol. The van der Waals surface area contributed by atoms with Crippen LogP contribution in [-0.4, -0.2) is 28.4 Å². The zero-order chi connectivity index (χ0) is 17.6. The van der Waals surface area contributed by atoms with Gasteiger partial charge >= 0.3 is 0 Å². The molecule has 2 N–H and O–H groups in total. The molecule has 2 heterocycles. The standard InChI is InChI=1S/C20H25N3OS/c1-15-7-4-5-12-23(15)14-17-9-3-2-8-16(17)13-22-19(24)18-10-6-11-21-20(18)25/h2-3,6,8-11,15H,4-5,7,12-14H2,1H3,(H,21,25)(H,22,24)/t15-/m1/s1. The molecule has 1 fully saturated rings. The summed E-state index contributed by atoms with van der Waals surface area (Å²) in [6, 6.07) is 12.5. The number of nitrogens with zero attached hydrogens (tertiary/aromatic N) is 1. The molecule has 132 valence electrons. The summed E-state index contributed by atoms with van der Waals surface area (Å²) in [5.74, 6) is -0.136. The summed E-state index contributed by atoms with van der Waals surface area (Å²) < 4.78 is 0.468. The monoisotopic (exact) mass is 355 g/mol. The second-order valence-electron chi connectivity index (χ2n) is 6.68. The molecular weight excluding hydrogens is 330 g/mol. The van der Waals surface area contributed by atoms with Gasteiger partial charge in [-0.15, -0.1) is 0 Å². The number of piperidine rings is 1. The highest BCUT2D eigenvalue weighted by Gasteiger charge is 2.19. The molecule has 2 aromatic rings. The van der Waals surface area contributed by atoms with Crippen molar-refractivity contribution in [3.05, 3.63) is 63.9 Å². The van der Waals surface area contributed by atoms with Crippen LogP contribution in [0.5, 0.6) is 0 Å². The number of benzene rings is 1. The number of H-pyrrole nitrogens is 1. The third-order valence-corrected chi connectivity index (χ3v) is 5.27. The zero-order valence-corrected chi connectivity index (χ0v) is 15.4. The van der Waals surface area contributed by atoms with E-state index in [2.05, 4.69) is 40.3 Å². The topological polar surface area (TPSA) is 48.1 Å². The van der Waals surface area contributed by atoms with Crippen molar-refractivity contribution in [2.45, 2.75) is 45.3 Å². The average Bonchev–Trinajstić information content (AvgIpc) is 2.63. The Morgan fingerprint density at radius 2 is 2.04 bits per heavy atom. The number of rotatable bonds is 5. The number of aromatic amines is 1. The van der Waals surface area contributed by atoms with Gasteiger partial charge in [-0.05, 0) is 49.6 Å². The molecule has 1 saturated heterocycles. The van der Waals surface area contributed by atoms with Crippen LogP contribution in [0.2, 0.25) is 0 Å². The first kappa shape index (κ1) is 17.8. The van der Waals surface area contributed by atoms with E-state index in [0.29, 0.717) is 22.8 Å². The van der Waals surface area contributed by atoms with Crippen molar-refractivity contribution >= 4 is 18.1 Å². The Kier molecular flexibility index (Phi) is 6.00. The molecule has 0 saturated carbocycles. The first-order valence-electron chi connectivity index (χ1n) is 8.92. The molecule has 1 aliphatic rings. The third kappa shape index (κ3) is 4.55. The lowest BCUT2D eigenvalue weighted by molar-refractivity contribution is 0.0949. The van der Waals surface area contributed by atoms with Gasteiger partial charge in [-0.1, -0.05) is 42.9 Å². The number of hydrogen-bond acceptors (Lipinski definition) is 3. The quantitative estimate of drug-likeness (QED) is 0.796. The zero-order valence-electron chi connectivity index (χ0n) is 14.6. The van der Waals surface area contributed by atoms with Crippen LogP contribution < -0.4 is 5.32 Å². The van der Waals surface area contributed by atoms with Gasteiger partial charge in [0.05, 0.1) is 5.56 Å². The molecule has 0 radical (unpaired) electrons. The van der Waals surface area contributed by atoms with Gasteiger partial charge in [-0.25, -0.2) is 0 Å². The normalized spacial score (nSPS) is 18.0. The van der Waals surface area contributed by atoms with Gasteiger partial charge in [-0.2, -0.15) is 0 Å². The molecular formula is C20H25N3OS. The van der Waals surface area contributed by atoms with Crippen LogP contribution in [0.3, 0.4) is 0 Å². The Hall–Kier alpha value is -1.98. The molecule has 0 aliphatic carbocycles. The first-order chi connectivity index (χ1) is 12.1. The van der Waals surface area contributed by atoms with Crippen molar-refractivity contribution in [3.63, 3.8) is 0 Å². The van der Waals surface area contributed by atoms with Crippen molar-refractivity contribution in [1.82, 2.24) is 15.2 Å². The fraction of sp³-hybridized carbons (Fsp3) is 0.400. The summed E-state index contributed by atoms with van der Waals surface area (Å²) in [6.07, 6.45) is 5.60. The van der Waals surface area contributed by atoms with Crippen LogP contribution in [0.1, 0.15) is 47.7 Å². The largest absolute Gasteiger partial charge is 0.352 e. The molecule has 5 heteroatoms. The van der Waals surface area contributed by atoms with E-state index in [0.717, 1.165) is 13.1 Å². The Morgan fingerprint density at radius 1 is 1.24 bits per heavy atom. The maximum absolute atomic E-state index is 12.4. The lowest BCUT2D eigenvalue weighted by Gasteiger charge is -2.33. The van der Waals surface area contributed by atoms with E-state index in [1.807, 2.05) is 6.07 Å². The minimum atomic E-state index is -0.136. The Balaban J connectivity index is 1.68. The molecule has 0 bridgehead atoms. The molecule has 1 aromatic carbocycles. The van der Waals surface area contributed by atoms with Gasteiger partial charge in [0.25, 0.3) is 5.91 Å². The summed E-state index contributed by atoms with van der Waals surface area (Å²) in [5, 5.41) is 3.00. The maximum Gasteiger partial charge on any atom is 0.254 e. The molecule has 4 nitrogen and oxygen atoms in total. The summed E-state index contributed by atoms with van der Waals surface area (Å²) in [4.78, 5) is 17.8. The SMILES string of the molecule is C[C@@H]1CCCCN1Cc1ccccc1CNC(=O)c1ccc[nH]c1=S. The van der Waals surface area contributed by atoms with Gasteiger partial charge in [0.15, 0.2) is 0 Å². The van der Waals surface area contributed by atoms with Gasteiger partial charge in [-0.3, -0.25) is 9.69 Å². The van der Waals surface area contributed by atoms with Gasteiger partial charge in [0.1, 0.15) is 4.64 Å². The Morgan fingerprint density at radius 3 is 2.80 bits per heavy atom. The van der Waals surface area contributed by atoms with Gasteiger partial charge in [0, 0.05) is 25.3 Å². The minimum Gasteiger partial charge on any atom is -0.352 e. The van der Waals surface area contributed by atoms with E-state index >= 15 is 0 Å². The van der Waals surface area contributed by atoms with Crippen molar-refractivity contribution in [3.8, 4) is 0 Å². The van der Waals surface area contributed by atoms with E-state index < -0.39 is 0 Å². The van der Waals surface area contributed by atoms with Crippen molar-refractivity contribution in [2.24, 2.45) is 0 Å². The summed E-state index contributed by atoms with van der Waals surface area (Å²) in [5.41, 5.74) is 2.97. The highest BCUT2D eigenvalue weighted by Crippen LogP contribution is 2.20. The highest BCUT2D eigenvalue weighted by molar-refractivity contribution is 7.71. The number of carbonyl (C=O) groups excluding carboxylic acids is 1. The van der Waals surface area contributed by atoms with Gasteiger partial charge < -0.3 is 10.3 Å². The van der Waals surface area contributed by atoms with Crippen molar-refractivity contribution in [1.29, 1.82) is 0 Å². The second-order valence-corrected chi connectivity index (χ2v) is 7.09. The Labute approximate surface area is 154 Å². The van der Waals surface area contributed by atoms with E-state index in [9.17, 15) is 4.79 Å². The minimum absolute atomic E-state index is 0.136. The molecule has 25 heavy (non-hydrogen) atoms. The van der Waals surface area contributed by atoms with Crippen LogP contribution in [0.15, 0.2) is 42.6 Å². The van der Waals surface area contributed by atoms with E-state index in [-0.39, 0.29) is 5.91 Å². The number of nitrogens with one attached hydrogen (secondary N) is 2. The van der Waals surface area contributed by atoms with E-state index in [1.54, 1.807) is 18.3 Å². The Bertz CT molecular complexity index is 786. The second kappa shape index (κ2) is 8.41. The number of aromatic nitrogens is 1. The maximum atomic E-state index is 12.4. The van der Waals surface area contributed by atoms with Crippen molar-refractivity contribution in [2.75, 3.05) is 6.54 Å². The molecule has 0 spiro atoms. The van der Waals surface area contributed by atoms with Crippen LogP contribution in [0.25, 0.3) is 0 Å². The molecule has 3 rings (SSSR count). The lowest BCUT2D eigenvalue weighted by atomic mass is 10.0. The third-order valence-electron chi connectivity index (χ3n) is 4.93. The number of pyridine rings is 1. The summed E-state index contributed by atoms with van der Waals surface area (Å²) >= 11 is 5.18. The fourth-order valence-electron chi connectivity index (χ4n) is 3.37. The number of carbonyl (C=O) groups is 1. The smallest absolute Gasteiger partial charge is 0.254 e. The fourth-order valence-corrected chi connectivity index (χ4v) is 3.60. The van der Waals surface area contributed by atoms with Crippen LogP contribution >= 0.6 is 12.2 Å². The number of likely N-dealkylation sites (tertiary alicyclic amines) is 1. The lowest BCUT2D eigenvalue weighted by Crippen LogP contribution is -2.37. The van der Waals surface area contributed by atoms with Crippen molar-refractivity contribution < 1.29 is 4.79 Å². The van der Waals surface area contributed by atoms with E-state index in [4.69, 9.17) is 12.2 Å². The van der Waals surface area contributed by atoms with E-state index in [1.165, 1.54) is 30.4 Å². The molecule has 1 aliphatic heterocycles. The molecule has 1 amide bonds. The molecule has 0 unspecified atom stereocenters. The summed E-state index contributed by atoms with van der Waals surface area (Å²) in [6.45, 7) is 4.92. The van der Waals surface area contributed by atoms with Crippen LogP contribution in [-0.2, 0) is 13.1 Å². The predicted molar refractivity (Wildman–Crippen MR) is 103 cm³/mol. The number of hydrogen-bond donors (Lipinski definition) is 2. The molecule has 1 aromatic heterocycles. The highest BCUT2D eigenvalue weighted by atomic mass is 32.1. The van der Waals surface area contributed by atoms with Crippen LogP contribution in [0, 0.1) is 4.64 Å². The number of amides is 1. The predicted octanol–water partition coefficient (Wildman–Crippen LogP) is 4.05. The van der Waals surface area contributed by atoms with Crippen LogP contribution in [0.4, 0.5) is 0 Å². The van der Waals surface area contributed by atoms with Gasteiger partial charge in [0.2, 0.25) is 0 Å². The molecule has 1 atom stereocenters. The first-order valence-corrected chi connectivity index (χ1v) is 9.32.